The Morgan fingerprint density at radius 3 is 2.42 bits per heavy atom. The molecule has 0 unspecified atom stereocenters. The molecule has 43 heavy (non-hydrogen) atoms. The molecule has 16 heteroatoms. The van der Waals surface area contributed by atoms with Crippen LogP contribution in [0.5, 0.6) is 0 Å². The number of rotatable bonds is 9. The summed E-state index contributed by atoms with van der Waals surface area (Å²) in [5.74, 6) is -1.34. The molecule has 0 atom stereocenters. The van der Waals surface area contributed by atoms with E-state index in [0.717, 1.165) is 0 Å². The standard InChI is InChI=1S/C27H27F3N7O5P/c1-31-25(39)21-8-16(17-11-33-37(13-17)19-9-20(38)10-19)4-7-23(21)35-24-22(27(28,29)30)12-32-26(36-24)34-18-5-2-15(3-6-18)14-43(40,41)42/h2-8,11-13,19-20,38H,9-10,14H2,1H3,(H,31,39)(H2,40,41,42)(H2,32,34,35,36). The first-order valence-electron chi connectivity index (χ1n) is 13.0. The van der Waals surface area contributed by atoms with Crippen molar-refractivity contribution in [1.82, 2.24) is 25.1 Å². The van der Waals surface area contributed by atoms with Crippen LogP contribution in [-0.4, -0.2) is 53.7 Å². The highest BCUT2D eigenvalue weighted by Gasteiger charge is 2.36. The van der Waals surface area contributed by atoms with Crippen LogP contribution in [0.1, 0.15) is 40.4 Å². The van der Waals surface area contributed by atoms with Crippen molar-refractivity contribution in [3.05, 3.63) is 77.7 Å². The first-order valence-corrected chi connectivity index (χ1v) is 14.8. The molecule has 1 saturated carbocycles. The lowest BCUT2D eigenvalue weighted by Crippen LogP contribution is -2.30. The fourth-order valence-corrected chi connectivity index (χ4v) is 5.24. The second-order valence-corrected chi connectivity index (χ2v) is 11.7. The summed E-state index contributed by atoms with van der Waals surface area (Å²) >= 11 is 0. The summed E-state index contributed by atoms with van der Waals surface area (Å²) < 4.78 is 54.7. The molecule has 1 amide bonds. The third-order valence-electron chi connectivity index (χ3n) is 6.83. The summed E-state index contributed by atoms with van der Waals surface area (Å²) in [6, 6.07) is 10.6. The van der Waals surface area contributed by atoms with Gasteiger partial charge in [0.2, 0.25) is 5.95 Å². The molecular weight excluding hydrogens is 590 g/mol. The molecule has 0 bridgehead atoms. The normalized spacial score (nSPS) is 16.8. The maximum absolute atomic E-state index is 13.9. The van der Waals surface area contributed by atoms with E-state index in [-0.39, 0.29) is 29.3 Å². The first kappa shape index (κ1) is 30.2. The van der Waals surface area contributed by atoms with E-state index in [9.17, 15) is 27.6 Å². The minimum Gasteiger partial charge on any atom is -0.393 e. The van der Waals surface area contributed by atoms with Crippen LogP contribution in [0, 0.1) is 0 Å². The largest absolute Gasteiger partial charge is 0.421 e. The Kier molecular flexibility index (Phi) is 8.25. The lowest BCUT2D eigenvalue weighted by Gasteiger charge is -2.31. The van der Waals surface area contributed by atoms with E-state index in [0.29, 0.717) is 41.4 Å². The van der Waals surface area contributed by atoms with Gasteiger partial charge in [0.25, 0.3) is 5.91 Å². The van der Waals surface area contributed by atoms with Crippen LogP contribution in [0.2, 0.25) is 0 Å². The zero-order valence-corrected chi connectivity index (χ0v) is 23.5. The van der Waals surface area contributed by atoms with Crippen LogP contribution in [0.3, 0.4) is 0 Å². The molecule has 2 aromatic carbocycles. The Morgan fingerprint density at radius 1 is 1.07 bits per heavy atom. The number of nitrogens with one attached hydrogen (secondary N) is 3. The number of aliphatic hydroxyl groups is 1. The van der Waals surface area contributed by atoms with Gasteiger partial charge in [0.15, 0.2) is 0 Å². The molecule has 4 aromatic rings. The Bertz CT molecular complexity index is 1690. The van der Waals surface area contributed by atoms with Crippen LogP contribution >= 0.6 is 7.60 Å². The number of aliphatic hydroxyl groups excluding tert-OH is 1. The molecule has 2 heterocycles. The van der Waals surface area contributed by atoms with Gasteiger partial charge in [0.05, 0.1) is 35.8 Å². The van der Waals surface area contributed by atoms with Gasteiger partial charge in [-0.05, 0) is 48.2 Å². The number of aromatic nitrogens is 4. The summed E-state index contributed by atoms with van der Waals surface area (Å²) in [7, 11) is -2.87. The number of halogens is 3. The second kappa shape index (κ2) is 11.8. The topological polar surface area (TPSA) is 175 Å². The quantitative estimate of drug-likeness (QED) is 0.146. The molecule has 0 radical (unpaired) electrons. The van der Waals surface area contributed by atoms with Crippen molar-refractivity contribution in [3.63, 3.8) is 0 Å². The summed E-state index contributed by atoms with van der Waals surface area (Å²) in [6.07, 6.45) is -0.444. The van der Waals surface area contributed by atoms with Gasteiger partial charge in [-0.2, -0.15) is 23.3 Å². The number of hydrogen-bond donors (Lipinski definition) is 6. The summed E-state index contributed by atoms with van der Waals surface area (Å²) in [5, 5.41) is 21.8. The number of carbonyl (C=O) groups excluding carboxylic acids is 1. The molecule has 1 aliphatic rings. The van der Waals surface area contributed by atoms with E-state index in [1.54, 1.807) is 23.1 Å². The van der Waals surface area contributed by atoms with Gasteiger partial charge >= 0.3 is 13.8 Å². The summed E-state index contributed by atoms with van der Waals surface area (Å²) in [4.78, 5) is 38.9. The second-order valence-electron chi connectivity index (χ2n) is 10.1. The van der Waals surface area contributed by atoms with E-state index in [4.69, 9.17) is 9.79 Å². The maximum atomic E-state index is 13.9. The van der Waals surface area contributed by atoms with Crippen LogP contribution in [0.25, 0.3) is 11.1 Å². The van der Waals surface area contributed by atoms with Crippen molar-refractivity contribution in [2.75, 3.05) is 17.7 Å². The Labute approximate surface area is 243 Å². The first-order chi connectivity index (χ1) is 20.3. The summed E-state index contributed by atoms with van der Waals surface area (Å²) in [5.41, 5.74) is 1.00. The van der Waals surface area contributed by atoms with Crippen molar-refractivity contribution < 1.29 is 37.4 Å². The lowest BCUT2D eigenvalue weighted by molar-refractivity contribution is -0.137. The fraction of sp³-hybridized carbons (Fsp3) is 0.259. The SMILES string of the molecule is CNC(=O)c1cc(-c2cnn(C3CC(O)C3)c2)ccc1Nc1nc(Nc2ccc(CP(=O)(O)O)cc2)ncc1C(F)(F)F. The molecule has 6 N–H and O–H groups in total. The zero-order valence-electron chi connectivity index (χ0n) is 22.6. The molecule has 0 spiro atoms. The molecule has 226 valence electrons. The molecule has 2 aromatic heterocycles. The van der Waals surface area contributed by atoms with Crippen LogP contribution in [0.15, 0.2) is 61.1 Å². The van der Waals surface area contributed by atoms with Crippen molar-refractivity contribution in [2.24, 2.45) is 0 Å². The monoisotopic (exact) mass is 617 g/mol. The number of benzene rings is 2. The molecule has 0 aliphatic heterocycles. The molecular formula is C27H27F3N7O5P. The van der Waals surface area contributed by atoms with E-state index in [1.807, 2.05) is 0 Å². The van der Waals surface area contributed by atoms with E-state index in [1.165, 1.54) is 43.4 Å². The number of anilines is 4. The van der Waals surface area contributed by atoms with E-state index in [2.05, 4.69) is 31.0 Å². The number of nitrogens with zero attached hydrogens (tertiary/aromatic N) is 4. The Balaban J connectivity index is 1.43. The van der Waals surface area contributed by atoms with Gasteiger partial charge < -0.3 is 30.8 Å². The molecule has 1 fully saturated rings. The van der Waals surface area contributed by atoms with E-state index >= 15 is 0 Å². The van der Waals surface area contributed by atoms with Crippen LogP contribution in [-0.2, 0) is 16.9 Å². The Morgan fingerprint density at radius 2 is 1.79 bits per heavy atom. The number of alkyl halides is 3. The third-order valence-corrected chi connectivity index (χ3v) is 7.61. The molecule has 1 aliphatic carbocycles. The minimum atomic E-state index is -4.82. The van der Waals surface area contributed by atoms with Crippen molar-refractivity contribution in [3.8, 4) is 11.1 Å². The molecule has 0 saturated heterocycles. The van der Waals surface area contributed by atoms with Gasteiger partial charge in [0.1, 0.15) is 11.4 Å². The van der Waals surface area contributed by atoms with Crippen molar-refractivity contribution in [1.29, 1.82) is 0 Å². The maximum Gasteiger partial charge on any atom is 0.421 e. The van der Waals surface area contributed by atoms with Gasteiger partial charge in [-0.15, -0.1) is 0 Å². The minimum absolute atomic E-state index is 0.0636. The van der Waals surface area contributed by atoms with Gasteiger partial charge in [-0.25, -0.2) is 4.98 Å². The molecule has 12 nitrogen and oxygen atoms in total. The smallest absolute Gasteiger partial charge is 0.393 e. The predicted molar refractivity (Wildman–Crippen MR) is 151 cm³/mol. The predicted octanol–water partition coefficient (Wildman–Crippen LogP) is 4.58. The zero-order chi connectivity index (χ0) is 30.9. The van der Waals surface area contributed by atoms with E-state index < -0.39 is 37.2 Å². The van der Waals surface area contributed by atoms with Crippen LogP contribution in [0.4, 0.5) is 36.3 Å². The highest BCUT2D eigenvalue weighted by molar-refractivity contribution is 7.50. The Hall–Kier alpha value is -4.30. The number of hydrogen-bond acceptors (Lipinski definition) is 8. The average molecular weight is 618 g/mol. The number of amides is 1. The van der Waals surface area contributed by atoms with Crippen molar-refractivity contribution in [2.45, 2.75) is 37.3 Å². The van der Waals surface area contributed by atoms with Gasteiger partial charge in [-0.1, -0.05) is 18.2 Å². The fourth-order valence-electron chi connectivity index (χ4n) is 4.55. The highest BCUT2D eigenvalue weighted by Crippen LogP contribution is 2.40. The molecule has 5 rings (SSSR count). The van der Waals surface area contributed by atoms with Gasteiger partial charge in [-0.3, -0.25) is 14.0 Å². The van der Waals surface area contributed by atoms with Crippen LogP contribution < -0.4 is 16.0 Å². The lowest BCUT2D eigenvalue weighted by atomic mass is 9.90. The average Bonchev–Trinajstić information content (AvgIpc) is 3.40. The van der Waals surface area contributed by atoms with Gasteiger partial charge in [0, 0.05) is 30.7 Å². The van der Waals surface area contributed by atoms with Crippen molar-refractivity contribution >= 4 is 36.6 Å². The summed E-state index contributed by atoms with van der Waals surface area (Å²) in [6.45, 7) is 0. The number of carbonyl (C=O) groups is 1. The highest BCUT2D eigenvalue weighted by atomic mass is 31.2. The third kappa shape index (κ3) is 7.20.